The lowest BCUT2D eigenvalue weighted by Crippen LogP contribution is -2.25. The maximum absolute atomic E-state index is 12.1. The third-order valence-electron chi connectivity index (χ3n) is 4.60. The average molecular weight is 497 g/mol. The molecule has 0 atom stereocenters. The van der Waals surface area contributed by atoms with Crippen molar-refractivity contribution in [3.05, 3.63) is 87.4 Å². The monoisotopic (exact) mass is 496 g/mol. The van der Waals surface area contributed by atoms with Crippen LogP contribution < -0.4 is 19.6 Å². The highest BCUT2D eigenvalue weighted by Crippen LogP contribution is 2.29. The molecule has 0 aliphatic rings. The second-order valence-electron chi connectivity index (χ2n) is 7.14. The summed E-state index contributed by atoms with van der Waals surface area (Å²) in [7, 11) is 1.58. The fourth-order valence-electron chi connectivity index (χ4n) is 3.09. The molecule has 0 saturated carbocycles. The van der Waals surface area contributed by atoms with Gasteiger partial charge in [0.25, 0.3) is 5.91 Å². The third kappa shape index (κ3) is 6.59. The van der Waals surface area contributed by atoms with Gasteiger partial charge >= 0.3 is 0 Å². The van der Waals surface area contributed by atoms with Gasteiger partial charge in [0, 0.05) is 4.47 Å². The number of benzene rings is 3. The Morgan fingerprint density at radius 3 is 2.41 bits per heavy atom. The number of carbonyl (C=O) groups is 1. The molecule has 0 bridgehead atoms. The number of carbonyl (C=O) groups excluding carboxylic acids is 1. The van der Waals surface area contributed by atoms with Crippen molar-refractivity contribution in [3.8, 4) is 17.2 Å². The maximum atomic E-state index is 12.1. The van der Waals surface area contributed by atoms with Crippen molar-refractivity contribution >= 4 is 28.1 Å². The van der Waals surface area contributed by atoms with Gasteiger partial charge < -0.3 is 14.2 Å². The van der Waals surface area contributed by atoms with E-state index >= 15 is 0 Å². The Bertz CT molecular complexity index is 1080. The molecule has 1 amide bonds. The molecular formula is C25H25BrN2O4. The Kier molecular flexibility index (Phi) is 8.27. The lowest BCUT2D eigenvalue weighted by molar-refractivity contribution is -0.123. The van der Waals surface area contributed by atoms with Gasteiger partial charge in [-0.25, -0.2) is 5.43 Å². The fourth-order valence-corrected chi connectivity index (χ4v) is 3.78. The Labute approximate surface area is 196 Å². The van der Waals surface area contributed by atoms with Gasteiger partial charge in [-0.2, -0.15) is 5.10 Å². The minimum Gasteiger partial charge on any atom is -0.493 e. The van der Waals surface area contributed by atoms with Crippen LogP contribution in [0.4, 0.5) is 0 Å². The van der Waals surface area contributed by atoms with Crippen LogP contribution in [0.2, 0.25) is 0 Å². The molecule has 0 heterocycles. The second kappa shape index (κ2) is 11.3. The number of nitrogens with zero attached hydrogens (tertiary/aromatic N) is 1. The van der Waals surface area contributed by atoms with E-state index in [0.29, 0.717) is 23.9 Å². The average Bonchev–Trinajstić information content (AvgIpc) is 2.78. The van der Waals surface area contributed by atoms with Gasteiger partial charge in [-0.3, -0.25) is 4.79 Å². The largest absolute Gasteiger partial charge is 0.493 e. The molecular weight excluding hydrogens is 472 g/mol. The summed E-state index contributed by atoms with van der Waals surface area (Å²) in [6.45, 7) is 4.18. The molecule has 1 N–H and O–H groups in total. The Morgan fingerprint density at radius 2 is 1.72 bits per heavy atom. The predicted octanol–water partition coefficient (Wildman–Crippen LogP) is 5.18. The molecule has 3 aromatic rings. The van der Waals surface area contributed by atoms with E-state index in [4.69, 9.17) is 14.2 Å². The van der Waals surface area contributed by atoms with Crippen LogP contribution in [0.1, 0.15) is 22.3 Å². The van der Waals surface area contributed by atoms with E-state index in [1.165, 1.54) is 6.21 Å². The molecule has 6 nitrogen and oxygen atoms in total. The minimum atomic E-state index is -0.349. The smallest absolute Gasteiger partial charge is 0.277 e. The number of hydrogen-bond donors (Lipinski definition) is 1. The first-order valence-electron chi connectivity index (χ1n) is 10.0. The van der Waals surface area contributed by atoms with Crippen molar-refractivity contribution in [2.45, 2.75) is 20.5 Å². The van der Waals surface area contributed by atoms with Crippen LogP contribution in [0.3, 0.4) is 0 Å². The summed E-state index contributed by atoms with van der Waals surface area (Å²) in [5.41, 5.74) is 6.21. The molecule has 3 aromatic carbocycles. The summed E-state index contributed by atoms with van der Waals surface area (Å²) < 4.78 is 17.9. The van der Waals surface area contributed by atoms with Gasteiger partial charge in [-0.05, 0) is 66.4 Å². The van der Waals surface area contributed by atoms with Crippen molar-refractivity contribution < 1.29 is 19.0 Å². The molecule has 32 heavy (non-hydrogen) atoms. The molecule has 0 radical (unpaired) electrons. The molecule has 0 saturated heterocycles. The van der Waals surface area contributed by atoms with Crippen LogP contribution in [0.5, 0.6) is 17.2 Å². The molecule has 166 valence electrons. The Balaban J connectivity index is 1.54. The predicted molar refractivity (Wildman–Crippen MR) is 129 cm³/mol. The van der Waals surface area contributed by atoms with Gasteiger partial charge in [0.2, 0.25) is 0 Å². The van der Waals surface area contributed by atoms with E-state index in [-0.39, 0.29) is 12.5 Å². The first-order valence-corrected chi connectivity index (χ1v) is 10.8. The number of hydrogen-bond acceptors (Lipinski definition) is 5. The molecule has 0 unspecified atom stereocenters. The number of amides is 1. The first kappa shape index (κ1) is 23.3. The van der Waals surface area contributed by atoms with E-state index in [1.54, 1.807) is 13.2 Å². The van der Waals surface area contributed by atoms with Crippen molar-refractivity contribution in [1.82, 2.24) is 5.43 Å². The number of hydrazone groups is 1. The SMILES string of the molecule is COc1cc(/C=N/NC(=O)COc2c(C)cc(Br)cc2C)ccc1OCc1ccccc1. The number of aryl methyl sites for hydroxylation is 2. The highest BCUT2D eigenvalue weighted by atomic mass is 79.9. The van der Waals surface area contributed by atoms with Crippen LogP contribution >= 0.6 is 15.9 Å². The van der Waals surface area contributed by atoms with Crippen LogP contribution in [-0.4, -0.2) is 25.8 Å². The van der Waals surface area contributed by atoms with E-state index in [1.807, 2.05) is 68.4 Å². The molecule has 3 rings (SSSR count). The maximum Gasteiger partial charge on any atom is 0.277 e. The molecule has 0 aromatic heterocycles. The second-order valence-corrected chi connectivity index (χ2v) is 8.05. The number of nitrogens with one attached hydrogen (secondary N) is 1. The van der Waals surface area contributed by atoms with Crippen LogP contribution in [0.25, 0.3) is 0 Å². The quantitative estimate of drug-likeness (QED) is 0.327. The van der Waals surface area contributed by atoms with Gasteiger partial charge in [0.1, 0.15) is 12.4 Å². The lowest BCUT2D eigenvalue weighted by atomic mass is 10.1. The van der Waals surface area contributed by atoms with Crippen LogP contribution in [0.15, 0.2) is 70.2 Å². The number of rotatable bonds is 9. The zero-order valence-electron chi connectivity index (χ0n) is 18.2. The van der Waals surface area contributed by atoms with Crippen LogP contribution in [-0.2, 0) is 11.4 Å². The number of methoxy groups -OCH3 is 1. The molecule has 7 heteroatoms. The Hall–Kier alpha value is -3.32. The van der Waals surface area contributed by atoms with Gasteiger partial charge in [0.15, 0.2) is 18.1 Å². The van der Waals surface area contributed by atoms with E-state index < -0.39 is 0 Å². The zero-order valence-corrected chi connectivity index (χ0v) is 19.8. The normalized spacial score (nSPS) is 10.8. The number of ether oxygens (including phenoxy) is 3. The molecule has 0 spiro atoms. The van der Waals surface area contributed by atoms with Gasteiger partial charge in [0.05, 0.1) is 13.3 Å². The van der Waals surface area contributed by atoms with E-state index in [9.17, 15) is 4.79 Å². The van der Waals surface area contributed by atoms with Crippen molar-refractivity contribution in [3.63, 3.8) is 0 Å². The topological polar surface area (TPSA) is 69.2 Å². The molecule has 0 aliphatic heterocycles. The fraction of sp³-hybridized carbons (Fsp3) is 0.200. The van der Waals surface area contributed by atoms with Gasteiger partial charge in [-0.1, -0.05) is 46.3 Å². The minimum absolute atomic E-state index is 0.129. The summed E-state index contributed by atoms with van der Waals surface area (Å²) in [4.78, 5) is 12.1. The third-order valence-corrected chi connectivity index (χ3v) is 5.06. The molecule has 0 fully saturated rings. The summed E-state index contributed by atoms with van der Waals surface area (Å²) in [6, 6.07) is 19.2. The summed E-state index contributed by atoms with van der Waals surface area (Å²) >= 11 is 3.45. The summed E-state index contributed by atoms with van der Waals surface area (Å²) in [6.07, 6.45) is 1.54. The standard InChI is InChI=1S/C25H25BrN2O4/c1-17-11-21(26)12-18(2)25(17)32-16-24(29)28-27-14-20-9-10-22(23(13-20)30-3)31-15-19-7-5-4-6-8-19/h4-14H,15-16H2,1-3H3,(H,28,29)/b27-14+. The highest BCUT2D eigenvalue weighted by molar-refractivity contribution is 9.10. The van der Waals surface area contributed by atoms with Crippen LogP contribution in [0, 0.1) is 13.8 Å². The lowest BCUT2D eigenvalue weighted by Gasteiger charge is -2.12. The van der Waals surface area contributed by atoms with E-state index in [2.05, 4.69) is 26.5 Å². The van der Waals surface area contributed by atoms with Crippen molar-refractivity contribution in [1.29, 1.82) is 0 Å². The Morgan fingerprint density at radius 1 is 1.00 bits per heavy atom. The van der Waals surface area contributed by atoms with E-state index in [0.717, 1.165) is 26.7 Å². The zero-order chi connectivity index (χ0) is 22.9. The summed E-state index contributed by atoms with van der Waals surface area (Å²) in [5, 5.41) is 4.00. The van der Waals surface area contributed by atoms with Crippen molar-refractivity contribution in [2.24, 2.45) is 5.10 Å². The first-order chi connectivity index (χ1) is 15.5. The molecule has 0 aliphatic carbocycles. The highest BCUT2D eigenvalue weighted by Gasteiger charge is 2.09. The van der Waals surface area contributed by atoms with Crippen molar-refractivity contribution in [2.75, 3.05) is 13.7 Å². The summed E-state index contributed by atoms with van der Waals surface area (Å²) in [5.74, 6) is 1.56. The number of halogens is 1. The van der Waals surface area contributed by atoms with Gasteiger partial charge in [-0.15, -0.1) is 0 Å².